The summed E-state index contributed by atoms with van der Waals surface area (Å²) >= 11 is 6.79. The third-order valence-corrected chi connectivity index (χ3v) is 2.19. The lowest BCUT2D eigenvalue weighted by Gasteiger charge is -1.85. The van der Waals surface area contributed by atoms with Crippen LogP contribution in [0.4, 0.5) is 0 Å². The van der Waals surface area contributed by atoms with Crippen LogP contribution < -0.4 is 0 Å². The van der Waals surface area contributed by atoms with Crippen LogP contribution in [0.25, 0.3) is 0 Å². The van der Waals surface area contributed by atoms with E-state index in [4.69, 9.17) is 11.6 Å². The lowest BCUT2D eigenvalue weighted by atomic mass is 10.3. The van der Waals surface area contributed by atoms with Crippen molar-refractivity contribution >= 4 is 28.7 Å². The zero-order valence-electron chi connectivity index (χ0n) is 5.43. The molecule has 2 nitrogen and oxygen atoms in total. The zero-order chi connectivity index (χ0) is 7.56. The molecule has 0 aliphatic heterocycles. The molecule has 54 valence electrons. The van der Waals surface area contributed by atoms with Crippen molar-refractivity contribution in [2.75, 3.05) is 0 Å². The normalized spacial score (nSPS) is 9.80. The van der Waals surface area contributed by atoms with Crippen LogP contribution in [0.1, 0.15) is 23.1 Å². The van der Waals surface area contributed by atoms with Gasteiger partial charge in [-0.1, -0.05) is 29.9 Å². The van der Waals surface area contributed by atoms with Crippen LogP contribution in [0, 0.1) is 0 Å². The average Bonchev–Trinajstić information content (AvgIpc) is 2.34. The molecule has 1 aromatic rings. The minimum absolute atomic E-state index is 0.0527. The fourth-order valence-corrected chi connectivity index (χ4v) is 1.46. The largest absolute Gasteiger partial charge is 0.292 e. The third-order valence-electron chi connectivity index (χ3n) is 1.04. The minimum atomic E-state index is 0.0527. The molecular weight excluding hydrogens is 170 g/mol. The Balaban J connectivity index is 2.85. The predicted octanol–water partition coefficient (Wildman–Crippen LogP) is 2.39. The van der Waals surface area contributed by atoms with Crippen LogP contribution in [0.15, 0.2) is 6.20 Å². The molecule has 0 saturated carbocycles. The molecule has 4 heteroatoms. The first-order valence-electron chi connectivity index (χ1n) is 2.88. The summed E-state index contributed by atoms with van der Waals surface area (Å²) in [5.74, 6) is 0.0527. The first-order chi connectivity index (χ1) is 4.74. The van der Waals surface area contributed by atoms with E-state index in [2.05, 4.69) is 4.98 Å². The molecule has 0 amide bonds. The lowest BCUT2D eigenvalue weighted by Crippen LogP contribution is -1.93. The second-order valence-electron chi connectivity index (χ2n) is 1.75. The van der Waals surface area contributed by atoms with Gasteiger partial charge < -0.3 is 0 Å². The number of halogens is 1. The molecule has 0 radical (unpaired) electrons. The van der Waals surface area contributed by atoms with Crippen LogP contribution >= 0.6 is 22.9 Å². The quantitative estimate of drug-likeness (QED) is 0.646. The van der Waals surface area contributed by atoms with Gasteiger partial charge in [0.2, 0.25) is 0 Å². The average molecular weight is 176 g/mol. The van der Waals surface area contributed by atoms with Crippen LogP contribution in [-0.2, 0) is 0 Å². The van der Waals surface area contributed by atoms with Gasteiger partial charge in [-0.25, -0.2) is 4.98 Å². The van der Waals surface area contributed by atoms with Crippen molar-refractivity contribution in [2.24, 2.45) is 0 Å². The van der Waals surface area contributed by atoms with E-state index in [1.807, 2.05) is 0 Å². The van der Waals surface area contributed by atoms with E-state index < -0.39 is 0 Å². The van der Waals surface area contributed by atoms with Gasteiger partial charge in [0.1, 0.15) is 4.34 Å². The van der Waals surface area contributed by atoms with Gasteiger partial charge in [0.05, 0.1) is 6.20 Å². The summed E-state index contributed by atoms with van der Waals surface area (Å²) in [5.41, 5.74) is 0. The van der Waals surface area contributed by atoms with Crippen LogP contribution in [0.5, 0.6) is 0 Å². The van der Waals surface area contributed by atoms with Crippen molar-refractivity contribution in [3.63, 3.8) is 0 Å². The summed E-state index contributed by atoms with van der Waals surface area (Å²) in [4.78, 5) is 14.7. The number of carbonyl (C=O) groups is 1. The smallest absolute Gasteiger partial charge is 0.191 e. The zero-order valence-corrected chi connectivity index (χ0v) is 7.00. The van der Waals surface area contributed by atoms with Gasteiger partial charge in [-0.2, -0.15) is 0 Å². The Kier molecular flexibility index (Phi) is 2.40. The predicted molar refractivity (Wildman–Crippen MR) is 41.7 cm³/mol. The molecule has 0 saturated heterocycles. The highest BCUT2D eigenvalue weighted by atomic mass is 35.5. The topological polar surface area (TPSA) is 30.0 Å². The highest BCUT2D eigenvalue weighted by Crippen LogP contribution is 2.18. The number of hydrogen-bond acceptors (Lipinski definition) is 3. The minimum Gasteiger partial charge on any atom is -0.292 e. The molecule has 10 heavy (non-hydrogen) atoms. The van der Waals surface area contributed by atoms with Crippen molar-refractivity contribution in [1.82, 2.24) is 4.98 Å². The fraction of sp³-hybridized carbons (Fsp3) is 0.333. The SMILES string of the molecule is CCC(=O)c1ncc(Cl)s1. The van der Waals surface area contributed by atoms with Gasteiger partial charge in [-0.15, -0.1) is 0 Å². The number of Topliss-reactive ketones (excluding diaryl/α,β-unsaturated/α-hetero) is 1. The molecule has 0 aromatic carbocycles. The first-order valence-corrected chi connectivity index (χ1v) is 4.08. The molecule has 1 aromatic heterocycles. The fourth-order valence-electron chi connectivity index (χ4n) is 0.535. The van der Waals surface area contributed by atoms with Gasteiger partial charge >= 0.3 is 0 Å². The molecule has 0 aliphatic carbocycles. The molecule has 0 spiro atoms. The molecule has 0 bridgehead atoms. The Bertz CT molecular complexity index is 246. The van der Waals surface area contributed by atoms with Crippen molar-refractivity contribution in [2.45, 2.75) is 13.3 Å². The van der Waals surface area contributed by atoms with E-state index in [1.165, 1.54) is 17.5 Å². The Morgan fingerprint density at radius 2 is 2.60 bits per heavy atom. The van der Waals surface area contributed by atoms with Crippen LogP contribution in [-0.4, -0.2) is 10.8 Å². The molecule has 0 atom stereocenters. The third kappa shape index (κ3) is 1.55. The number of nitrogens with zero attached hydrogens (tertiary/aromatic N) is 1. The van der Waals surface area contributed by atoms with Crippen molar-refractivity contribution < 1.29 is 4.79 Å². The second kappa shape index (κ2) is 3.12. The van der Waals surface area contributed by atoms with Gasteiger partial charge in [0, 0.05) is 6.42 Å². The van der Waals surface area contributed by atoms with E-state index >= 15 is 0 Å². The van der Waals surface area contributed by atoms with Crippen molar-refractivity contribution in [1.29, 1.82) is 0 Å². The van der Waals surface area contributed by atoms with E-state index in [9.17, 15) is 4.79 Å². The summed E-state index contributed by atoms with van der Waals surface area (Å²) < 4.78 is 0.566. The van der Waals surface area contributed by atoms with Gasteiger partial charge in [0.25, 0.3) is 0 Å². The first kappa shape index (κ1) is 7.69. The van der Waals surface area contributed by atoms with Gasteiger partial charge in [-0.3, -0.25) is 4.79 Å². The Morgan fingerprint density at radius 1 is 1.90 bits per heavy atom. The maximum atomic E-state index is 10.9. The number of aromatic nitrogens is 1. The molecule has 1 rings (SSSR count). The summed E-state index contributed by atoms with van der Waals surface area (Å²) in [7, 11) is 0. The van der Waals surface area contributed by atoms with Gasteiger partial charge in [0.15, 0.2) is 10.8 Å². The summed E-state index contributed by atoms with van der Waals surface area (Å²) in [6.45, 7) is 1.80. The Morgan fingerprint density at radius 3 is 3.00 bits per heavy atom. The molecular formula is C6H6ClNOS. The Labute approximate surface area is 67.9 Å². The molecule has 0 unspecified atom stereocenters. The lowest BCUT2D eigenvalue weighted by molar-refractivity contribution is 0.0988. The molecule has 0 fully saturated rings. The number of carbonyl (C=O) groups excluding carboxylic acids is 1. The number of ketones is 1. The number of rotatable bonds is 2. The molecule has 0 N–H and O–H groups in total. The van der Waals surface area contributed by atoms with E-state index in [1.54, 1.807) is 6.92 Å². The van der Waals surface area contributed by atoms with E-state index in [0.717, 1.165) is 0 Å². The second-order valence-corrected chi connectivity index (χ2v) is 3.41. The van der Waals surface area contributed by atoms with Crippen LogP contribution in [0.3, 0.4) is 0 Å². The maximum Gasteiger partial charge on any atom is 0.191 e. The van der Waals surface area contributed by atoms with Crippen molar-refractivity contribution in [3.8, 4) is 0 Å². The van der Waals surface area contributed by atoms with E-state index in [-0.39, 0.29) is 5.78 Å². The maximum absolute atomic E-state index is 10.9. The number of hydrogen-bond donors (Lipinski definition) is 0. The monoisotopic (exact) mass is 175 g/mol. The van der Waals surface area contributed by atoms with E-state index in [0.29, 0.717) is 15.8 Å². The molecule has 0 aliphatic rings. The highest BCUT2D eigenvalue weighted by molar-refractivity contribution is 7.17. The summed E-state index contributed by atoms with van der Waals surface area (Å²) in [5, 5.41) is 0.507. The highest BCUT2D eigenvalue weighted by Gasteiger charge is 2.06. The molecule has 1 heterocycles. The Hall–Kier alpha value is -0.410. The van der Waals surface area contributed by atoms with Gasteiger partial charge in [-0.05, 0) is 0 Å². The summed E-state index contributed by atoms with van der Waals surface area (Å²) in [6, 6.07) is 0. The van der Waals surface area contributed by atoms with Crippen molar-refractivity contribution in [3.05, 3.63) is 15.5 Å². The van der Waals surface area contributed by atoms with Crippen LogP contribution in [0.2, 0.25) is 4.34 Å². The summed E-state index contributed by atoms with van der Waals surface area (Å²) in [6.07, 6.45) is 1.99. The number of thiazole rings is 1. The standard InChI is InChI=1S/C6H6ClNOS/c1-2-4(9)6-8-3-5(7)10-6/h3H,2H2,1H3.